The number of fused-ring (bicyclic) bond motifs is 1. The van der Waals surface area contributed by atoms with E-state index in [1.807, 2.05) is 7.05 Å². The lowest BCUT2D eigenvalue weighted by Gasteiger charge is -2.26. The Hall–Kier alpha value is -2.01. The molecule has 0 amide bonds. The second-order valence-electron chi connectivity index (χ2n) is 7.50. The zero-order chi connectivity index (χ0) is 19.1. The lowest BCUT2D eigenvalue weighted by molar-refractivity contribution is 0.0625. The molecule has 0 bridgehead atoms. The van der Waals surface area contributed by atoms with Gasteiger partial charge in [-0.05, 0) is 49.1 Å². The standard InChI is InChI=1S/C22H34N4O/c1-4-18-6-5-7-20-19(16-25-21(18)20)8-12-24-22(23-2)26(3)13-9-17-10-14-27-15-11-17/h5-7,16-17,25H,4,8-15H2,1-3H3,(H,23,24). The van der Waals surface area contributed by atoms with Gasteiger partial charge in [0.25, 0.3) is 0 Å². The minimum Gasteiger partial charge on any atom is -0.381 e. The van der Waals surface area contributed by atoms with E-state index in [-0.39, 0.29) is 0 Å². The monoisotopic (exact) mass is 370 g/mol. The summed E-state index contributed by atoms with van der Waals surface area (Å²) in [7, 11) is 4.00. The number of aromatic nitrogens is 1. The highest BCUT2D eigenvalue weighted by atomic mass is 16.5. The summed E-state index contributed by atoms with van der Waals surface area (Å²) in [5, 5.41) is 4.87. The normalized spacial score (nSPS) is 16.0. The van der Waals surface area contributed by atoms with Crippen LogP contribution in [0.2, 0.25) is 0 Å². The molecule has 1 aromatic heterocycles. The number of aryl methyl sites for hydroxylation is 1. The summed E-state index contributed by atoms with van der Waals surface area (Å²) >= 11 is 0. The molecule has 5 heteroatoms. The van der Waals surface area contributed by atoms with Crippen LogP contribution in [0.3, 0.4) is 0 Å². The number of aromatic amines is 1. The number of para-hydroxylation sites is 1. The van der Waals surface area contributed by atoms with Crippen molar-refractivity contribution in [2.45, 2.75) is 39.0 Å². The Morgan fingerprint density at radius 3 is 2.85 bits per heavy atom. The molecule has 1 aromatic carbocycles. The van der Waals surface area contributed by atoms with E-state index in [2.05, 4.69) is 58.6 Å². The van der Waals surface area contributed by atoms with Gasteiger partial charge in [-0.2, -0.15) is 0 Å². The molecule has 0 atom stereocenters. The second-order valence-corrected chi connectivity index (χ2v) is 7.50. The maximum atomic E-state index is 5.46. The van der Waals surface area contributed by atoms with Crippen molar-refractivity contribution in [3.8, 4) is 0 Å². The number of hydrogen-bond donors (Lipinski definition) is 2. The van der Waals surface area contributed by atoms with Gasteiger partial charge in [0, 0.05) is 57.5 Å². The Morgan fingerprint density at radius 1 is 1.30 bits per heavy atom. The quantitative estimate of drug-likeness (QED) is 0.578. The average molecular weight is 371 g/mol. The van der Waals surface area contributed by atoms with E-state index < -0.39 is 0 Å². The number of H-pyrrole nitrogens is 1. The molecule has 0 radical (unpaired) electrons. The Kier molecular flexibility index (Phi) is 7.16. The molecule has 0 unspecified atom stereocenters. The van der Waals surface area contributed by atoms with Crippen molar-refractivity contribution in [1.82, 2.24) is 15.2 Å². The molecule has 1 aliphatic rings. The minimum absolute atomic E-state index is 0.790. The van der Waals surface area contributed by atoms with Crippen LogP contribution < -0.4 is 5.32 Å². The summed E-state index contributed by atoms with van der Waals surface area (Å²) < 4.78 is 5.46. The van der Waals surface area contributed by atoms with Crippen LogP contribution >= 0.6 is 0 Å². The summed E-state index contributed by atoms with van der Waals surface area (Å²) in [6.07, 6.45) is 7.80. The van der Waals surface area contributed by atoms with Gasteiger partial charge in [-0.3, -0.25) is 4.99 Å². The molecule has 2 N–H and O–H groups in total. The third kappa shape index (κ3) is 5.04. The highest BCUT2D eigenvalue weighted by molar-refractivity contribution is 5.86. The van der Waals surface area contributed by atoms with Gasteiger partial charge in [-0.15, -0.1) is 0 Å². The first-order valence-corrected chi connectivity index (χ1v) is 10.3. The van der Waals surface area contributed by atoms with Gasteiger partial charge < -0.3 is 19.9 Å². The number of nitrogens with one attached hydrogen (secondary N) is 2. The van der Waals surface area contributed by atoms with Gasteiger partial charge in [-0.25, -0.2) is 0 Å². The number of nitrogens with zero attached hydrogens (tertiary/aromatic N) is 2. The van der Waals surface area contributed by atoms with Gasteiger partial charge in [0.15, 0.2) is 5.96 Å². The lowest BCUT2D eigenvalue weighted by Crippen LogP contribution is -2.40. The third-order valence-electron chi connectivity index (χ3n) is 5.73. The third-order valence-corrected chi connectivity index (χ3v) is 5.73. The molecular weight excluding hydrogens is 336 g/mol. The topological polar surface area (TPSA) is 52.6 Å². The second kappa shape index (κ2) is 9.79. The fourth-order valence-corrected chi connectivity index (χ4v) is 3.99. The predicted octanol–water partition coefficient (Wildman–Crippen LogP) is 3.60. The van der Waals surface area contributed by atoms with E-state index in [0.717, 1.165) is 51.0 Å². The molecule has 5 nitrogen and oxygen atoms in total. The predicted molar refractivity (Wildman–Crippen MR) is 114 cm³/mol. The number of ether oxygens (including phenoxy) is 1. The average Bonchev–Trinajstić information content (AvgIpc) is 3.13. The molecule has 148 valence electrons. The van der Waals surface area contributed by atoms with Crippen LogP contribution in [-0.4, -0.2) is 56.2 Å². The number of hydrogen-bond acceptors (Lipinski definition) is 2. The van der Waals surface area contributed by atoms with E-state index in [4.69, 9.17) is 4.74 Å². The van der Waals surface area contributed by atoms with Crippen molar-refractivity contribution in [3.05, 3.63) is 35.5 Å². The summed E-state index contributed by atoms with van der Waals surface area (Å²) in [5.41, 5.74) is 4.04. The molecular formula is C22H34N4O. The summed E-state index contributed by atoms with van der Waals surface area (Å²) in [4.78, 5) is 10.2. The van der Waals surface area contributed by atoms with E-state index in [1.54, 1.807) is 0 Å². The SMILES string of the molecule is CCc1cccc2c(CCNC(=NC)N(C)CCC3CCOCC3)c[nH]c12. The van der Waals surface area contributed by atoms with Crippen molar-refractivity contribution in [1.29, 1.82) is 0 Å². The van der Waals surface area contributed by atoms with Crippen LogP contribution in [0, 0.1) is 5.92 Å². The fraction of sp³-hybridized carbons (Fsp3) is 0.591. The fourth-order valence-electron chi connectivity index (χ4n) is 3.99. The van der Waals surface area contributed by atoms with Gasteiger partial charge in [-0.1, -0.05) is 25.1 Å². The Labute approximate surface area is 163 Å². The number of rotatable bonds is 7. The van der Waals surface area contributed by atoms with Gasteiger partial charge in [0.2, 0.25) is 0 Å². The van der Waals surface area contributed by atoms with Crippen molar-refractivity contribution < 1.29 is 4.74 Å². The number of guanidine groups is 1. The molecule has 0 spiro atoms. The molecule has 0 aliphatic carbocycles. The highest BCUT2D eigenvalue weighted by Gasteiger charge is 2.15. The highest BCUT2D eigenvalue weighted by Crippen LogP contribution is 2.22. The van der Waals surface area contributed by atoms with Gasteiger partial charge in [0.05, 0.1) is 0 Å². The van der Waals surface area contributed by atoms with Gasteiger partial charge >= 0.3 is 0 Å². The molecule has 0 saturated carbocycles. The van der Waals surface area contributed by atoms with Crippen molar-refractivity contribution in [3.63, 3.8) is 0 Å². The number of benzene rings is 1. The van der Waals surface area contributed by atoms with Crippen molar-refractivity contribution in [2.75, 3.05) is 40.4 Å². The number of aliphatic imine (C=N–C) groups is 1. The first kappa shape index (κ1) is 19.7. The first-order chi connectivity index (χ1) is 13.2. The summed E-state index contributed by atoms with van der Waals surface area (Å²) in [6, 6.07) is 6.58. The van der Waals surface area contributed by atoms with Crippen LogP contribution in [0.1, 0.15) is 37.3 Å². The zero-order valence-corrected chi connectivity index (χ0v) is 17.1. The molecule has 1 saturated heterocycles. The molecule has 1 aliphatic heterocycles. The maximum Gasteiger partial charge on any atom is 0.193 e. The smallest absolute Gasteiger partial charge is 0.193 e. The molecule has 2 aromatic rings. The largest absolute Gasteiger partial charge is 0.381 e. The Morgan fingerprint density at radius 2 is 2.11 bits per heavy atom. The van der Waals surface area contributed by atoms with Crippen LogP contribution in [0.25, 0.3) is 10.9 Å². The van der Waals surface area contributed by atoms with Gasteiger partial charge in [0.1, 0.15) is 0 Å². The Bertz CT molecular complexity index is 746. The minimum atomic E-state index is 0.790. The molecule has 27 heavy (non-hydrogen) atoms. The Balaban J connectivity index is 1.49. The molecule has 3 rings (SSSR count). The first-order valence-electron chi connectivity index (χ1n) is 10.3. The van der Waals surface area contributed by atoms with Crippen LogP contribution in [0.15, 0.2) is 29.4 Å². The van der Waals surface area contributed by atoms with Crippen molar-refractivity contribution in [2.24, 2.45) is 10.9 Å². The summed E-state index contributed by atoms with van der Waals surface area (Å²) in [5.74, 6) is 1.77. The van der Waals surface area contributed by atoms with E-state index in [0.29, 0.717) is 0 Å². The van der Waals surface area contributed by atoms with Crippen LogP contribution in [-0.2, 0) is 17.6 Å². The van der Waals surface area contributed by atoms with E-state index in [9.17, 15) is 0 Å². The maximum absolute atomic E-state index is 5.46. The van der Waals surface area contributed by atoms with E-state index in [1.165, 1.54) is 41.3 Å². The van der Waals surface area contributed by atoms with Crippen LogP contribution in [0.4, 0.5) is 0 Å². The van der Waals surface area contributed by atoms with Crippen molar-refractivity contribution >= 4 is 16.9 Å². The zero-order valence-electron chi connectivity index (χ0n) is 17.1. The molecule has 2 heterocycles. The molecule has 1 fully saturated rings. The van der Waals surface area contributed by atoms with Crippen LogP contribution in [0.5, 0.6) is 0 Å². The summed E-state index contributed by atoms with van der Waals surface area (Å²) in [6.45, 7) is 5.98. The lowest BCUT2D eigenvalue weighted by atomic mass is 9.96. The van der Waals surface area contributed by atoms with E-state index >= 15 is 0 Å².